The fourth-order valence-corrected chi connectivity index (χ4v) is 5.20. The number of hydrogen-bond donors (Lipinski definition) is 2. The Morgan fingerprint density at radius 2 is 1.67 bits per heavy atom. The van der Waals surface area contributed by atoms with E-state index in [2.05, 4.69) is 43.8 Å². The maximum atomic E-state index is 12.6. The summed E-state index contributed by atoms with van der Waals surface area (Å²) in [5.41, 5.74) is 1.51. The number of aromatic amines is 1. The van der Waals surface area contributed by atoms with Gasteiger partial charge >= 0.3 is 6.18 Å². The molecule has 1 saturated heterocycles. The molecule has 10 heteroatoms. The minimum absolute atomic E-state index is 0.163. The van der Waals surface area contributed by atoms with Crippen molar-refractivity contribution in [1.82, 2.24) is 14.6 Å². The summed E-state index contributed by atoms with van der Waals surface area (Å²) in [5.74, 6) is 0. The van der Waals surface area contributed by atoms with E-state index < -0.39 is 21.8 Å². The lowest BCUT2D eigenvalue weighted by Crippen LogP contribution is -2.46. The highest BCUT2D eigenvalue weighted by molar-refractivity contribution is 7.89. The minimum Gasteiger partial charge on any atom is -0.368 e. The number of hydrogen-bond acceptors (Lipinski definition) is 4. The molecule has 0 atom stereocenters. The average molecular weight is 481 g/mol. The zero-order valence-corrected chi connectivity index (χ0v) is 18.9. The van der Waals surface area contributed by atoms with E-state index in [0.717, 1.165) is 68.9 Å². The van der Waals surface area contributed by atoms with Crippen LogP contribution in [0.15, 0.2) is 59.6 Å². The van der Waals surface area contributed by atoms with Crippen LogP contribution < -0.4 is 9.62 Å². The molecule has 0 amide bonds. The molecule has 3 aromatic rings. The second kappa shape index (κ2) is 9.74. The van der Waals surface area contributed by atoms with Gasteiger partial charge in [-0.05, 0) is 61.9 Å². The van der Waals surface area contributed by atoms with Crippen LogP contribution in [0.5, 0.6) is 0 Å². The first kappa shape index (κ1) is 23.6. The first-order valence-electron chi connectivity index (χ1n) is 10.9. The summed E-state index contributed by atoms with van der Waals surface area (Å²) in [5, 5.41) is 1.23. The Hall–Kier alpha value is -2.56. The second-order valence-electron chi connectivity index (χ2n) is 8.17. The van der Waals surface area contributed by atoms with Gasteiger partial charge in [0.2, 0.25) is 10.0 Å². The lowest BCUT2D eigenvalue weighted by atomic mass is 10.1. The Balaban J connectivity index is 1.18. The van der Waals surface area contributed by atoms with Gasteiger partial charge in [0.05, 0.1) is 10.5 Å². The Morgan fingerprint density at radius 1 is 0.939 bits per heavy atom. The van der Waals surface area contributed by atoms with Crippen molar-refractivity contribution in [2.75, 3.05) is 44.2 Å². The van der Waals surface area contributed by atoms with Crippen molar-refractivity contribution in [1.29, 1.82) is 0 Å². The van der Waals surface area contributed by atoms with E-state index >= 15 is 0 Å². The number of benzene rings is 2. The fourth-order valence-electron chi connectivity index (χ4n) is 4.13. The molecule has 0 unspecified atom stereocenters. The smallest absolute Gasteiger partial charge is 0.368 e. The van der Waals surface area contributed by atoms with Gasteiger partial charge in [-0.25, -0.2) is 13.1 Å². The lowest BCUT2D eigenvalue weighted by Gasteiger charge is -2.36. The first-order chi connectivity index (χ1) is 15.7. The van der Waals surface area contributed by atoms with E-state index in [1.54, 1.807) is 0 Å². The molecule has 0 radical (unpaired) electrons. The highest BCUT2D eigenvalue weighted by Gasteiger charge is 2.30. The number of alkyl halides is 3. The molecule has 4 rings (SSSR count). The van der Waals surface area contributed by atoms with Crippen molar-refractivity contribution in [3.05, 3.63) is 60.3 Å². The molecule has 2 N–H and O–H groups in total. The molecule has 0 bridgehead atoms. The van der Waals surface area contributed by atoms with Crippen LogP contribution >= 0.6 is 0 Å². The molecular weight excluding hydrogens is 453 g/mol. The number of aromatic nitrogens is 1. The largest absolute Gasteiger partial charge is 0.416 e. The summed E-state index contributed by atoms with van der Waals surface area (Å²) in [6.07, 6.45) is -1.04. The number of nitrogens with zero attached hydrogens (tertiary/aromatic N) is 2. The van der Waals surface area contributed by atoms with Gasteiger partial charge in [0, 0.05) is 55.5 Å². The van der Waals surface area contributed by atoms with Crippen molar-refractivity contribution >= 4 is 26.6 Å². The number of rotatable bonds is 8. The molecule has 0 spiro atoms. The van der Waals surface area contributed by atoms with Gasteiger partial charge in [-0.3, -0.25) is 4.90 Å². The third-order valence-corrected chi connectivity index (χ3v) is 7.45. The third kappa shape index (κ3) is 5.69. The number of unbranched alkanes of at least 4 members (excludes halogenated alkanes) is 1. The molecule has 2 aromatic carbocycles. The van der Waals surface area contributed by atoms with Gasteiger partial charge in [-0.2, -0.15) is 13.2 Å². The monoisotopic (exact) mass is 480 g/mol. The Morgan fingerprint density at radius 3 is 2.36 bits per heavy atom. The van der Waals surface area contributed by atoms with E-state index in [0.29, 0.717) is 6.42 Å². The number of fused-ring (bicyclic) bond motifs is 1. The fraction of sp³-hybridized carbons (Fsp3) is 0.391. The number of piperazine rings is 1. The molecule has 178 valence electrons. The average Bonchev–Trinajstić information content (AvgIpc) is 3.28. The number of anilines is 1. The summed E-state index contributed by atoms with van der Waals surface area (Å²) in [7, 11) is -3.82. The molecule has 0 saturated carbocycles. The van der Waals surface area contributed by atoms with Gasteiger partial charge in [0.25, 0.3) is 0 Å². The maximum Gasteiger partial charge on any atom is 0.416 e. The van der Waals surface area contributed by atoms with E-state index in [-0.39, 0.29) is 11.4 Å². The number of nitrogens with one attached hydrogen (secondary N) is 2. The highest BCUT2D eigenvalue weighted by atomic mass is 32.2. The van der Waals surface area contributed by atoms with Gasteiger partial charge in [-0.1, -0.05) is 6.07 Å². The van der Waals surface area contributed by atoms with Crippen LogP contribution in [0.25, 0.3) is 10.9 Å². The van der Waals surface area contributed by atoms with Gasteiger partial charge in [0.15, 0.2) is 0 Å². The quantitative estimate of drug-likeness (QED) is 0.477. The molecule has 1 aromatic heterocycles. The van der Waals surface area contributed by atoms with Crippen molar-refractivity contribution in [3.63, 3.8) is 0 Å². The Bertz CT molecular complexity index is 1170. The normalized spacial score (nSPS) is 15.9. The van der Waals surface area contributed by atoms with Crippen molar-refractivity contribution in [2.45, 2.75) is 23.9 Å². The summed E-state index contributed by atoms with van der Waals surface area (Å²) in [4.78, 5) is 7.85. The van der Waals surface area contributed by atoms with Crippen molar-refractivity contribution < 1.29 is 21.6 Å². The summed E-state index contributed by atoms with van der Waals surface area (Å²) < 4.78 is 65.0. The van der Waals surface area contributed by atoms with E-state index in [4.69, 9.17) is 0 Å². The van der Waals surface area contributed by atoms with Crippen LogP contribution in [0.1, 0.15) is 18.4 Å². The zero-order valence-electron chi connectivity index (χ0n) is 18.1. The molecule has 2 heterocycles. The van der Waals surface area contributed by atoms with Crippen LogP contribution in [0.4, 0.5) is 18.9 Å². The molecule has 1 aliphatic rings. The van der Waals surface area contributed by atoms with Gasteiger partial charge < -0.3 is 9.88 Å². The predicted molar refractivity (Wildman–Crippen MR) is 123 cm³/mol. The van der Waals surface area contributed by atoms with Crippen LogP contribution in [0.3, 0.4) is 0 Å². The number of halogens is 3. The second-order valence-corrected chi connectivity index (χ2v) is 9.94. The van der Waals surface area contributed by atoms with Crippen LogP contribution in [-0.2, 0) is 16.2 Å². The van der Waals surface area contributed by atoms with Crippen LogP contribution in [0.2, 0.25) is 0 Å². The Labute approximate surface area is 191 Å². The maximum absolute atomic E-state index is 12.6. The lowest BCUT2D eigenvalue weighted by molar-refractivity contribution is -0.137. The predicted octanol–water partition coefficient (Wildman–Crippen LogP) is 4.07. The van der Waals surface area contributed by atoms with Crippen LogP contribution in [0, 0.1) is 0 Å². The molecule has 0 aliphatic carbocycles. The molecular formula is C23H27F3N4O2S. The van der Waals surface area contributed by atoms with Crippen LogP contribution in [-0.4, -0.2) is 57.6 Å². The molecule has 1 aliphatic heterocycles. The van der Waals surface area contributed by atoms with Gasteiger partial charge in [-0.15, -0.1) is 0 Å². The molecule has 33 heavy (non-hydrogen) atoms. The van der Waals surface area contributed by atoms with E-state index in [1.807, 2.05) is 6.20 Å². The minimum atomic E-state index is -4.49. The topological polar surface area (TPSA) is 68.4 Å². The third-order valence-electron chi connectivity index (χ3n) is 5.97. The SMILES string of the molecule is O=S(=O)(NCCCCN1CCN(c2cccc3[nH]ccc23)CC1)c1ccc(C(F)(F)F)cc1. The first-order valence-corrected chi connectivity index (χ1v) is 12.4. The molecule has 1 fully saturated rings. The van der Waals surface area contributed by atoms with E-state index in [9.17, 15) is 21.6 Å². The summed E-state index contributed by atoms with van der Waals surface area (Å²) >= 11 is 0. The number of sulfonamides is 1. The molecule has 6 nitrogen and oxygen atoms in total. The Kier molecular flexibility index (Phi) is 6.96. The standard InChI is InChI=1S/C23H27F3N4O2S/c24-23(25,26)18-6-8-19(9-7-18)33(31,32)28-11-1-2-13-29-14-16-30(17-15-29)22-5-3-4-21-20(22)10-12-27-21/h3-10,12,27-28H,1-2,11,13-17H2. The highest BCUT2D eigenvalue weighted by Crippen LogP contribution is 2.30. The zero-order chi connectivity index (χ0) is 23.5. The van der Waals surface area contributed by atoms with Crippen molar-refractivity contribution in [3.8, 4) is 0 Å². The summed E-state index contributed by atoms with van der Waals surface area (Å²) in [6, 6.07) is 11.9. The number of H-pyrrole nitrogens is 1. The summed E-state index contributed by atoms with van der Waals surface area (Å²) in [6.45, 7) is 4.88. The van der Waals surface area contributed by atoms with Crippen molar-refractivity contribution in [2.24, 2.45) is 0 Å². The van der Waals surface area contributed by atoms with Gasteiger partial charge in [0.1, 0.15) is 0 Å². The van der Waals surface area contributed by atoms with E-state index in [1.165, 1.54) is 11.1 Å².